The van der Waals surface area contributed by atoms with Gasteiger partial charge in [0, 0.05) is 0 Å². The first-order valence-electron chi connectivity index (χ1n) is 21.2. The van der Waals surface area contributed by atoms with E-state index in [0.29, 0.717) is 0 Å². The van der Waals surface area contributed by atoms with Crippen molar-refractivity contribution < 1.29 is 0 Å². The summed E-state index contributed by atoms with van der Waals surface area (Å²) in [6.07, 6.45) is 35.7. The molecule has 0 aliphatic heterocycles. The van der Waals surface area contributed by atoms with E-state index in [1.807, 2.05) is 14.2 Å². The zero-order valence-corrected chi connectivity index (χ0v) is 41.2. The van der Waals surface area contributed by atoms with Crippen molar-refractivity contribution in [2.45, 2.75) is 215 Å². The van der Waals surface area contributed by atoms with Gasteiger partial charge in [-0.2, -0.15) is 0 Å². The molecule has 0 saturated carbocycles. The summed E-state index contributed by atoms with van der Waals surface area (Å²) in [4.78, 5) is 19.2. The molecule has 0 fully saturated rings. The zero-order valence-electron chi connectivity index (χ0n) is 33.9. The number of unbranched alkanes of at least 4 members (excludes halogenated alkanes) is 18. The number of thiophene rings is 2. The third-order valence-electron chi connectivity index (χ3n) is 11.3. The van der Waals surface area contributed by atoms with E-state index in [2.05, 4.69) is 79.3 Å². The third-order valence-corrected chi connectivity index (χ3v) is 32.3. The second-order valence-electron chi connectivity index (χ2n) is 17.7. The predicted octanol–water partition coefficient (Wildman–Crippen LogP) is 16.5. The molecule has 278 valence electrons. The Labute approximate surface area is 318 Å². The molecule has 0 bridgehead atoms. The molecule has 0 amide bonds. The SMILES string of the molecule is CCCCCCCCCCCCc1cc(-c2sccc2CCCC(CCCCCCCCCCCC)[CH](C)[Sn]([CH3])([CH3])[CH3])s[c]1[Sn]([CH3])([CH3])[CH3]. The van der Waals surface area contributed by atoms with Crippen LogP contribution in [0.4, 0.5) is 0 Å². The van der Waals surface area contributed by atoms with E-state index in [1.54, 1.807) is 20.9 Å². The van der Waals surface area contributed by atoms with Gasteiger partial charge in [0.05, 0.1) is 0 Å². The standard InChI is InChI=1S/C38H64S2.6CH3.2Sn/c1-4-7-9-11-13-15-17-19-21-23-26-34(6-3)28-25-29-36-30-31-39-38(36)37-32-35(33-40-37)27-24-22-20-18-16-14-12-10-8-5-2;;;;;;;;/h6,30-32,34H,4-5,7-29H2,1-3H3;6*1H3;;. The van der Waals surface area contributed by atoms with Crippen molar-refractivity contribution in [3.05, 3.63) is 28.6 Å². The second-order valence-corrected chi connectivity index (χ2v) is 51.1. The van der Waals surface area contributed by atoms with E-state index < -0.39 is 36.8 Å². The number of aryl methyl sites for hydroxylation is 2. The Morgan fingerprint density at radius 1 is 0.562 bits per heavy atom. The quantitative estimate of drug-likeness (QED) is 0.0541. The Hall–Kier alpha value is 0.997. The molecule has 0 N–H and O–H groups in total. The van der Waals surface area contributed by atoms with Crippen molar-refractivity contribution in [2.75, 3.05) is 0 Å². The van der Waals surface area contributed by atoms with Crippen LogP contribution in [0.15, 0.2) is 17.5 Å². The normalized spacial score (nSPS) is 13.8. The topological polar surface area (TPSA) is 0 Å². The van der Waals surface area contributed by atoms with Crippen LogP contribution in [-0.2, 0) is 12.8 Å². The van der Waals surface area contributed by atoms with Crippen molar-refractivity contribution >= 4 is 62.3 Å². The molecule has 0 nitrogen and oxygen atoms in total. The molecular formula is C44H82S2Sn2. The van der Waals surface area contributed by atoms with Gasteiger partial charge < -0.3 is 0 Å². The van der Waals surface area contributed by atoms with E-state index >= 15 is 0 Å². The van der Waals surface area contributed by atoms with Crippen molar-refractivity contribution in [3.8, 4) is 9.75 Å². The summed E-state index contributed by atoms with van der Waals surface area (Å²) in [6, 6.07) is 5.14. The summed E-state index contributed by atoms with van der Waals surface area (Å²) in [5, 5.41) is 2.39. The molecule has 0 spiro atoms. The summed E-state index contributed by atoms with van der Waals surface area (Å²) < 4.78 is 2.84. The zero-order chi connectivity index (χ0) is 35.3. The Kier molecular flexibility index (Phi) is 24.4. The van der Waals surface area contributed by atoms with Crippen LogP contribution in [0.3, 0.4) is 0 Å². The second kappa shape index (κ2) is 25.9. The van der Waals surface area contributed by atoms with E-state index in [0.717, 1.165) is 9.85 Å². The summed E-state index contributed by atoms with van der Waals surface area (Å²) in [7, 11) is 0. The Morgan fingerprint density at radius 3 is 1.52 bits per heavy atom. The van der Waals surface area contributed by atoms with Crippen LogP contribution >= 0.6 is 22.7 Å². The molecular weight excluding hydrogens is 830 g/mol. The predicted molar refractivity (Wildman–Crippen MR) is 232 cm³/mol. The maximum absolute atomic E-state index is 2.68. The van der Waals surface area contributed by atoms with Gasteiger partial charge in [0.15, 0.2) is 0 Å². The van der Waals surface area contributed by atoms with Crippen LogP contribution < -0.4 is 2.89 Å². The molecule has 2 heterocycles. The first-order valence-corrected chi connectivity index (χ1v) is 43.1. The minimum absolute atomic E-state index is 0.952. The van der Waals surface area contributed by atoms with Crippen LogP contribution in [0.1, 0.15) is 180 Å². The first kappa shape index (κ1) is 45.2. The van der Waals surface area contributed by atoms with Crippen LogP contribution in [0.2, 0.25) is 33.6 Å². The molecule has 2 atom stereocenters. The minimum atomic E-state index is -2.17. The average molecular weight is 913 g/mol. The van der Waals surface area contributed by atoms with Crippen molar-refractivity contribution in [2.24, 2.45) is 5.92 Å². The van der Waals surface area contributed by atoms with Gasteiger partial charge in [-0.3, -0.25) is 0 Å². The van der Waals surface area contributed by atoms with Crippen LogP contribution in [0.25, 0.3) is 9.75 Å². The Balaban J connectivity index is 1.89. The molecule has 2 aromatic rings. The first-order chi connectivity index (χ1) is 23.0. The Morgan fingerprint density at radius 2 is 1.02 bits per heavy atom. The Bertz CT molecular complexity index is 1050. The van der Waals surface area contributed by atoms with E-state index in [4.69, 9.17) is 0 Å². The molecule has 4 heteroatoms. The summed E-state index contributed by atoms with van der Waals surface area (Å²) in [5.74, 6) is 0.952. The molecule has 0 saturated heterocycles. The monoisotopic (exact) mass is 914 g/mol. The van der Waals surface area contributed by atoms with Gasteiger partial charge in [-0.15, -0.1) is 0 Å². The molecule has 0 aliphatic rings. The number of hydrogen-bond donors (Lipinski definition) is 0. The summed E-state index contributed by atoms with van der Waals surface area (Å²) in [5.41, 5.74) is 3.38. The number of rotatable bonds is 30. The molecule has 0 radical (unpaired) electrons. The van der Waals surface area contributed by atoms with E-state index in [9.17, 15) is 0 Å². The molecule has 2 rings (SSSR count). The molecule has 0 aromatic carbocycles. The molecule has 2 unspecified atom stereocenters. The van der Waals surface area contributed by atoms with Crippen LogP contribution in [0.5, 0.6) is 0 Å². The van der Waals surface area contributed by atoms with Gasteiger partial charge >= 0.3 is 295 Å². The number of hydrogen-bond acceptors (Lipinski definition) is 2. The fourth-order valence-corrected chi connectivity index (χ4v) is 22.0. The van der Waals surface area contributed by atoms with Gasteiger partial charge in [0.25, 0.3) is 0 Å². The summed E-state index contributed by atoms with van der Waals surface area (Å²) >= 11 is 0.130. The average Bonchev–Trinajstić information content (AvgIpc) is 3.68. The van der Waals surface area contributed by atoms with Crippen molar-refractivity contribution in [1.82, 2.24) is 0 Å². The third kappa shape index (κ3) is 18.7. The molecule has 0 aliphatic carbocycles. The molecule has 2 aromatic heterocycles. The van der Waals surface area contributed by atoms with Crippen LogP contribution in [0, 0.1) is 5.92 Å². The summed E-state index contributed by atoms with van der Waals surface area (Å²) in [6.45, 7) is 7.28. The van der Waals surface area contributed by atoms with E-state index in [1.165, 1.54) is 161 Å². The van der Waals surface area contributed by atoms with Crippen molar-refractivity contribution in [1.29, 1.82) is 0 Å². The van der Waals surface area contributed by atoms with Gasteiger partial charge in [0.2, 0.25) is 0 Å². The van der Waals surface area contributed by atoms with Gasteiger partial charge in [-0.05, 0) is 0 Å². The fourth-order valence-electron chi connectivity index (χ4n) is 7.71. The van der Waals surface area contributed by atoms with Crippen LogP contribution in [-0.4, -0.2) is 36.8 Å². The van der Waals surface area contributed by atoms with Gasteiger partial charge in [-0.25, -0.2) is 0 Å². The fraction of sp³-hybridized carbons (Fsp3) is 0.818. The molecule has 48 heavy (non-hydrogen) atoms. The van der Waals surface area contributed by atoms with Crippen molar-refractivity contribution in [3.63, 3.8) is 0 Å². The maximum atomic E-state index is 2.68. The van der Waals surface area contributed by atoms with Gasteiger partial charge in [0.1, 0.15) is 0 Å². The van der Waals surface area contributed by atoms with E-state index in [-0.39, 0.29) is 0 Å². The van der Waals surface area contributed by atoms with Gasteiger partial charge in [-0.1, -0.05) is 26.7 Å².